The predicted molar refractivity (Wildman–Crippen MR) is 88.7 cm³/mol. The van der Waals surface area contributed by atoms with E-state index < -0.39 is 0 Å². The topological polar surface area (TPSA) is 76.1 Å². The number of urea groups is 1. The monoisotopic (exact) mass is 328 g/mol. The smallest absolute Gasteiger partial charge is 0.319 e. The van der Waals surface area contributed by atoms with Crippen molar-refractivity contribution in [2.75, 3.05) is 11.9 Å². The summed E-state index contributed by atoms with van der Waals surface area (Å²) < 4.78 is 5.97. The second-order valence-corrected chi connectivity index (χ2v) is 7.86. The van der Waals surface area contributed by atoms with Crippen molar-refractivity contribution >= 4 is 11.7 Å². The minimum atomic E-state index is -0.139. The Hall–Kier alpha value is -1.69. The first-order valence-electron chi connectivity index (χ1n) is 9.27. The molecule has 2 N–H and O–H groups in total. The fraction of sp³-hybridized carbons (Fsp3) is 0.722. The van der Waals surface area contributed by atoms with Crippen molar-refractivity contribution in [2.45, 2.75) is 63.0 Å². The summed E-state index contributed by atoms with van der Waals surface area (Å²) >= 11 is 0. The maximum atomic E-state index is 12.5. The summed E-state index contributed by atoms with van der Waals surface area (Å²) in [6.45, 7) is 0.841. The van der Waals surface area contributed by atoms with Gasteiger partial charge in [0.15, 0.2) is 0 Å². The van der Waals surface area contributed by atoms with Crippen LogP contribution in [0.5, 0.6) is 0 Å². The summed E-state index contributed by atoms with van der Waals surface area (Å²) in [6, 6.07) is 0.110. The lowest BCUT2D eigenvalue weighted by Crippen LogP contribution is -2.68. The molecule has 1 spiro atoms. The van der Waals surface area contributed by atoms with Gasteiger partial charge in [0.1, 0.15) is 5.82 Å². The summed E-state index contributed by atoms with van der Waals surface area (Å²) in [4.78, 5) is 21.2. The molecule has 6 heteroatoms. The van der Waals surface area contributed by atoms with Crippen LogP contribution in [0.2, 0.25) is 0 Å². The van der Waals surface area contributed by atoms with E-state index in [2.05, 4.69) is 20.6 Å². The van der Waals surface area contributed by atoms with Crippen LogP contribution in [-0.4, -0.2) is 34.8 Å². The highest BCUT2D eigenvalue weighted by molar-refractivity contribution is 5.89. The number of anilines is 1. The highest BCUT2D eigenvalue weighted by Gasteiger charge is 2.65. The number of amides is 2. The van der Waals surface area contributed by atoms with E-state index in [9.17, 15) is 4.79 Å². The van der Waals surface area contributed by atoms with Crippen molar-refractivity contribution in [2.24, 2.45) is 11.3 Å². The average Bonchev–Trinajstić information content (AvgIpc) is 3.13. The second-order valence-electron chi connectivity index (χ2n) is 7.86. The summed E-state index contributed by atoms with van der Waals surface area (Å²) in [5.74, 6) is 1.92. The highest BCUT2D eigenvalue weighted by atomic mass is 16.5. The predicted octanol–water partition coefficient (Wildman–Crippen LogP) is 2.82. The Morgan fingerprint density at radius 2 is 1.92 bits per heavy atom. The third-order valence-corrected chi connectivity index (χ3v) is 6.44. The maximum Gasteiger partial charge on any atom is 0.319 e. The van der Waals surface area contributed by atoms with E-state index in [-0.39, 0.29) is 17.5 Å². The molecule has 6 nitrogen and oxygen atoms in total. The molecule has 4 fully saturated rings. The van der Waals surface area contributed by atoms with Crippen LogP contribution in [0.3, 0.4) is 0 Å². The lowest BCUT2D eigenvalue weighted by molar-refractivity contribution is -0.125. The highest BCUT2D eigenvalue weighted by Crippen LogP contribution is 2.60. The van der Waals surface area contributed by atoms with E-state index in [4.69, 9.17) is 4.74 Å². The van der Waals surface area contributed by atoms with E-state index in [0.717, 1.165) is 18.9 Å². The third-order valence-electron chi connectivity index (χ3n) is 6.44. The zero-order valence-corrected chi connectivity index (χ0v) is 13.8. The number of nitrogens with zero attached hydrogens (tertiary/aromatic N) is 2. The number of aromatic nitrogens is 2. The van der Waals surface area contributed by atoms with Crippen molar-refractivity contribution in [3.8, 4) is 0 Å². The molecule has 2 amide bonds. The number of ether oxygens (including phenoxy) is 1. The number of carbonyl (C=O) groups is 1. The summed E-state index contributed by atoms with van der Waals surface area (Å²) in [5, 5.41) is 6.13. The SMILES string of the molecule is O=C(Nc1cnc(C2CC2)nc1)N[C@@H]1[C@@H]2CCO[C@H]2C12CCCC2. The zero-order chi connectivity index (χ0) is 16.1. The first-order chi connectivity index (χ1) is 11.8. The Bertz CT molecular complexity index is 637. The van der Waals surface area contributed by atoms with Gasteiger partial charge in [-0.25, -0.2) is 14.8 Å². The molecule has 0 unspecified atom stereocenters. The van der Waals surface area contributed by atoms with Gasteiger partial charge in [-0.1, -0.05) is 12.8 Å². The Kier molecular flexibility index (Phi) is 3.30. The Balaban J connectivity index is 1.24. The van der Waals surface area contributed by atoms with E-state index in [0.29, 0.717) is 23.6 Å². The average molecular weight is 328 g/mol. The summed E-state index contributed by atoms with van der Waals surface area (Å²) in [6.07, 6.45) is 12.1. The van der Waals surface area contributed by atoms with Crippen LogP contribution in [0.4, 0.5) is 10.5 Å². The van der Waals surface area contributed by atoms with Gasteiger partial charge < -0.3 is 15.4 Å². The third kappa shape index (κ3) is 2.23. The number of hydrogen-bond donors (Lipinski definition) is 2. The minimum absolute atomic E-state index is 0.139. The van der Waals surface area contributed by atoms with Gasteiger partial charge >= 0.3 is 6.03 Å². The van der Waals surface area contributed by atoms with Crippen molar-refractivity contribution in [1.29, 1.82) is 0 Å². The molecule has 0 radical (unpaired) electrons. The Morgan fingerprint density at radius 1 is 1.17 bits per heavy atom. The molecule has 3 saturated carbocycles. The Morgan fingerprint density at radius 3 is 2.62 bits per heavy atom. The molecule has 5 rings (SSSR count). The standard InChI is InChI=1S/C18H24N4O2/c23-17(21-12-9-19-16(20-10-12)11-3-4-11)22-14-13-5-8-24-15(13)18(14)6-1-2-7-18/h9-11,13-15H,1-8H2,(H2,21,22,23)/t13-,14+,15+/m0/s1. The molecule has 1 aromatic heterocycles. The van der Waals surface area contributed by atoms with E-state index in [1.165, 1.54) is 38.5 Å². The van der Waals surface area contributed by atoms with Gasteiger partial charge in [0.25, 0.3) is 0 Å². The van der Waals surface area contributed by atoms with Gasteiger partial charge in [0, 0.05) is 29.9 Å². The lowest BCUT2D eigenvalue weighted by Gasteiger charge is -2.56. The van der Waals surface area contributed by atoms with E-state index >= 15 is 0 Å². The molecule has 1 saturated heterocycles. The van der Waals surface area contributed by atoms with Crippen LogP contribution in [0.1, 0.15) is 56.7 Å². The van der Waals surface area contributed by atoms with Crippen molar-refractivity contribution < 1.29 is 9.53 Å². The molecule has 3 aliphatic carbocycles. The van der Waals surface area contributed by atoms with Crippen LogP contribution in [0, 0.1) is 11.3 Å². The van der Waals surface area contributed by atoms with Crippen LogP contribution in [0.15, 0.2) is 12.4 Å². The van der Waals surface area contributed by atoms with Crippen LogP contribution in [0.25, 0.3) is 0 Å². The lowest BCUT2D eigenvalue weighted by atomic mass is 9.54. The van der Waals surface area contributed by atoms with Gasteiger partial charge in [0.2, 0.25) is 0 Å². The normalized spacial score (nSPS) is 33.1. The Labute approximate surface area is 141 Å². The molecule has 24 heavy (non-hydrogen) atoms. The number of nitrogens with one attached hydrogen (secondary N) is 2. The maximum absolute atomic E-state index is 12.5. The molecule has 128 valence electrons. The molecule has 1 aromatic rings. The zero-order valence-electron chi connectivity index (χ0n) is 13.8. The van der Waals surface area contributed by atoms with Gasteiger partial charge in [0.05, 0.1) is 24.2 Å². The van der Waals surface area contributed by atoms with Gasteiger partial charge in [-0.2, -0.15) is 0 Å². The van der Waals surface area contributed by atoms with Crippen LogP contribution < -0.4 is 10.6 Å². The molecular weight excluding hydrogens is 304 g/mol. The van der Waals surface area contributed by atoms with Crippen molar-refractivity contribution in [3.63, 3.8) is 0 Å². The fourth-order valence-electron chi connectivity index (χ4n) is 5.17. The van der Waals surface area contributed by atoms with Crippen molar-refractivity contribution in [3.05, 3.63) is 18.2 Å². The number of carbonyl (C=O) groups excluding carboxylic acids is 1. The quantitative estimate of drug-likeness (QED) is 0.894. The molecule has 0 aromatic carbocycles. The minimum Gasteiger partial charge on any atom is -0.377 e. The van der Waals surface area contributed by atoms with E-state index in [1.54, 1.807) is 12.4 Å². The van der Waals surface area contributed by atoms with Gasteiger partial charge in [-0.05, 0) is 32.1 Å². The first kappa shape index (κ1) is 14.6. The molecule has 4 aliphatic rings. The van der Waals surface area contributed by atoms with Gasteiger partial charge in [-0.3, -0.25) is 0 Å². The molecular formula is C18H24N4O2. The molecule has 0 bridgehead atoms. The number of fused-ring (bicyclic) bond motifs is 2. The van der Waals surface area contributed by atoms with Crippen molar-refractivity contribution in [1.82, 2.24) is 15.3 Å². The first-order valence-corrected chi connectivity index (χ1v) is 9.27. The molecule has 1 aliphatic heterocycles. The van der Waals surface area contributed by atoms with E-state index in [1.807, 2.05) is 0 Å². The van der Waals surface area contributed by atoms with Gasteiger partial charge in [-0.15, -0.1) is 0 Å². The largest absolute Gasteiger partial charge is 0.377 e. The molecule has 3 atom stereocenters. The van der Waals surface area contributed by atoms with Crippen LogP contribution >= 0.6 is 0 Å². The second kappa shape index (κ2) is 5.41. The van der Waals surface area contributed by atoms with Crippen LogP contribution in [-0.2, 0) is 4.74 Å². The fourth-order valence-corrected chi connectivity index (χ4v) is 5.17. The summed E-state index contributed by atoms with van der Waals surface area (Å²) in [5.41, 5.74) is 0.848. The summed E-state index contributed by atoms with van der Waals surface area (Å²) in [7, 11) is 0. The number of rotatable bonds is 3. The number of hydrogen-bond acceptors (Lipinski definition) is 4. The molecule has 2 heterocycles.